The molecular formula is C27H23NO. The summed E-state index contributed by atoms with van der Waals surface area (Å²) in [7, 11) is 0. The number of nitrogens with zero attached hydrogens (tertiary/aromatic N) is 1. The van der Waals surface area contributed by atoms with E-state index in [1.165, 1.54) is 40.1 Å². The van der Waals surface area contributed by atoms with Gasteiger partial charge in [0, 0.05) is 27.9 Å². The highest BCUT2D eigenvalue weighted by atomic mass is 16.3. The molecule has 2 atom stereocenters. The average Bonchev–Trinajstić information content (AvgIpc) is 3.10. The largest absolute Gasteiger partial charge is 0.456 e. The maximum Gasteiger partial charge on any atom is 0.136 e. The van der Waals surface area contributed by atoms with Gasteiger partial charge in [0.05, 0.1) is 5.69 Å². The van der Waals surface area contributed by atoms with Crippen molar-refractivity contribution in [2.45, 2.75) is 38.5 Å². The topological polar surface area (TPSA) is 26.0 Å². The minimum atomic E-state index is 0.603. The van der Waals surface area contributed by atoms with Gasteiger partial charge in [0.2, 0.25) is 0 Å². The molecule has 0 saturated heterocycles. The second kappa shape index (κ2) is 6.18. The minimum absolute atomic E-state index is 0.603. The Hall–Kier alpha value is -3.13. The molecule has 0 spiro atoms. The molecule has 0 saturated carbocycles. The molecule has 0 aliphatic heterocycles. The number of aromatic nitrogens is 1. The fraction of sp³-hybridized carbons (Fsp3) is 0.222. The zero-order chi connectivity index (χ0) is 19.5. The summed E-state index contributed by atoms with van der Waals surface area (Å²) in [4.78, 5) is 4.71. The summed E-state index contributed by atoms with van der Waals surface area (Å²) >= 11 is 0. The van der Waals surface area contributed by atoms with Crippen molar-refractivity contribution in [3.05, 3.63) is 78.0 Å². The van der Waals surface area contributed by atoms with E-state index < -0.39 is 0 Å². The van der Waals surface area contributed by atoms with Gasteiger partial charge in [0.25, 0.3) is 0 Å². The maximum atomic E-state index is 6.34. The second-order valence-electron chi connectivity index (χ2n) is 8.55. The van der Waals surface area contributed by atoms with Crippen LogP contribution in [0.15, 0.2) is 71.3 Å². The Balaban J connectivity index is 1.67. The first-order chi connectivity index (χ1) is 14.2. The number of rotatable bonds is 1. The summed E-state index contributed by atoms with van der Waals surface area (Å²) in [5, 5.41) is 4.75. The van der Waals surface area contributed by atoms with Crippen LogP contribution < -0.4 is 0 Å². The Kier molecular flexibility index (Phi) is 3.58. The van der Waals surface area contributed by atoms with E-state index in [4.69, 9.17) is 9.40 Å². The van der Waals surface area contributed by atoms with Crippen molar-refractivity contribution in [2.24, 2.45) is 0 Å². The summed E-state index contributed by atoms with van der Waals surface area (Å²) in [6.07, 6.45) is 4.41. The van der Waals surface area contributed by atoms with Crippen LogP contribution in [-0.2, 0) is 0 Å². The third kappa shape index (κ3) is 2.52. The summed E-state index contributed by atoms with van der Waals surface area (Å²) in [5.74, 6) is 1.21. The Labute approximate surface area is 170 Å². The molecule has 1 aliphatic carbocycles. The highest BCUT2D eigenvalue weighted by Crippen LogP contribution is 2.43. The number of benzene rings is 3. The number of furan rings is 1. The number of fused-ring (bicyclic) bond motifs is 5. The Morgan fingerprint density at radius 2 is 1.45 bits per heavy atom. The fourth-order valence-corrected chi connectivity index (χ4v) is 5.01. The zero-order valence-electron chi connectivity index (χ0n) is 16.8. The van der Waals surface area contributed by atoms with Gasteiger partial charge >= 0.3 is 0 Å². The molecule has 2 heterocycles. The van der Waals surface area contributed by atoms with Crippen LogP contribution in [0.3, 0.4) is 0 Å². The molecule has 2 aromatic heterocycles. The molecule has 1 aliphatic rings. The minimum Gasteiger partial charge on any atom is -0.456 e. The van der Waals surface area contributed by atoms with Gasteiger partial charge in [0.15, 0.2) is 0 Å². The summed E-state index contributed by atoms with van der Waals surface area (Å²) in [5.41, 5.74) is 7.09. The van der Waals surface area contributed by atoms with E-state index in [0.29, 0.717) is 11.8 Å². The standard InChI is InChI=1S/C27H23NO/c1-16-8-9-17(2)21-15-26-23(13-20(16)21)24-14-22-19(12-25(24)29-26)10-11-28-27(22)18-6-4-3-5-7-18/h3-7,10-17H,8-9H2,1-2H3. The quantitative estimate of drug-likeness (QED) is 0.298. The molecule has 2 unspecified atom stereocenters. The third-order valence-corrected chi connectivity index (χ3v) is 6.70. The van der Waals surface area contributed by atoms with Crippen LogP contribution in [0.4, 0.5) is 0 Å². The average molecular weight is 377 g/mol. The molecule has 5 aromatic rings. The monoisotopic (exact) mass is 377 g/mol. The SMILES string of the molecule is CC1CCC(C)c2cc3c(cc21)oc1cc2ccnc(-c4ccccc4)c2cc13. The van der Waals surface area contributed by atoms with Crippen LogP contribution in [0.1, 0.15) is 49.7 Å². The number of hydrogen-bond acceptors (Lipinski definition) is 2. The van der Waals surface area contributed by atoms with Gasteiger partial charge in [-0.15, -0.1) is 0 Å². The van der Waals surface area contributed by atoms with E-state index in [0.717, 1.165) is 27.8 Å². The first-order valence-electron chi connectivity index (χ1n) is 10.5. The highest BCUT2D eigenvalue weighted by Gasteiger charge is 2.24. The zero-order valence-corrected chi connectivity index (χ0v) is 16.8. The molecule has 0 fully saturated rings. The van der Waals surface area contributed by atoms with Crippen molar-refractivity contribution >= 4 is 32.7 Å². The molecule has 0 radical (unpaired) electrons. The first kappa shape index (κ1) is 16.8. The molecule has 29 heavy (non-hydrogen) atoms. The van der Waals surface area contributed by atoms with Crippen LogP contribution in [0.5, 0.6) is 0 Å². The maximum absolute atomic E-state index is 6.34. The van der Waals surface area contributed by atoms with Crippen molar-refractivity contribution in [1.29, 1.82) is 0 Å². The molecule has 2 heteroatoms. The fourth-order valence-electron chi connectivity index (χ4n) is 5.01. The van der Waals surface area contributed by atoms with Crippen LogP contribution in [0.2, 0.25) is 0 Å². The van der Waals surface area contributed by atoms with E-state index in [9.17, 15) is 0 Å². The van der Waals surface area contributed by atoms with Crippen LogP contribution in [-0.4, -0.2) is 4.98 Å². The van der Waals surface area contributed by atoms with E-state index in [-0.39, 0.29) is 0 Å². The van der Waals surface area contributed by atoms with Gasteiger partial charge in [-0.05, 0) is 71.5 Å². The Morgan fingerprint density at radius 3 is 2.24 bits per heavy atom. The molecule has 3 aromatic carbocycles. The van der Waals surface area contributed by atoms with E-state index in [1.54, 1.807) is 0 Å². The van der Waals surface area contributed by atoms with E-state index >= 15 is 0 Å². The summed E-state index contributed by atoms with van der Waals surface area (Å²) in [6, 6.07) is 21.6. The first-order valence-corrected chi connectivity index (χ1v) is 10.5. The lowest BCUT2D eigenvalue weighted by Crippen LogP contribution is -2.10. The number of pyridine rings is 1. The van der Waals surface area contributed by atoms with Crippen LogP contribution in [0, 0.1) is 0 Å². The van der Waals surface area contributed by atoms with Gasteiger partial charge < -0.3 is 4.42 Å². The number of hydrogen-bond donors (Lipinski definition) is 0. The molecule has 0 amide bonds. The smallest absolute Gasteiger partial charge is 0.136 e. The highest BCUT2D eigenvalue weighted by molar-refractivity contribution is 6.12. The summed E-state index contributed by atoms with van der Waals surface area (Å²) in [6.45, 7) is 4.69. The Bertz CT molecular complexity index is 1380. The lowest BCUT2D eigenvalue weighted by atomic mass is 9.78. The van der Waals surface area contributed by atoms with Crippen LogP contribution >= 0.6 is 0 Å². The van der Waals surface area contributed by atoms with Gasteiger partial charge in [0.1, 0.15) is 11.2 Å². The van der Waals surface area contributed by atoms with Crippen molar-refractivity contribution < 1.29 is 4.42 Å². The molecule has 142 valence electrons. The van der Waals surface area contributed by atoms with E-state index in [2.05, 4.69) is 68.4 Å². The van der Waals surface area contributed by atoms with Crippen molar-refractivity contribution in [1.82, 2.24) is 4.98 Å². The van der Waals surface area contributed by atoms with Gasteiger partial charge in [-0.2, -0.15) is 0 Å². The van der Waals surface area contributed by atoms with Crippen molar-refractivity contribution in [3.8, 4) is 11.3 Å². The van der Waals surface area contributed by atoms with E-state index in [1.807, 2.05) is 12.3 Å². The normalized spacial score (nSPS) is 19.1. The molecule has 2 nitrogen and oxygen atoms in total. The van der Waals surface area contributed by atoms with Gasteiger partial charge in [-0.25, -0.2) is 0 Å². The Morgan fingerprint density at radius 1 is 0.759 bits per heavy atom. The third-order valence-electron chi connectivity index (χ3n) is 6.70. The molecule has 0 N–H and O–H groups in total. The predicted molar refractivity (Wildman–Crippen MR) is 121 cm³/mol. The summed E-state index contributed by atoms with van der Waals surface area (Å²) < 4.78 is 6.34. The van der Waals surface area contributed by atoms with Gasteiger partial charge in [-0.3, -0.25) is 4.98 Å². The van der Waals surface area contributed by atoms with Crippen molar-refractivity contribution in [3.63, 3.8) is 0 Å². The second-order valence-corrected chi connectivity index (χ2v) is 8.55. The molecule has 6 rings (SSSR count). The lowest BCUT2D eigenvalue weighted by Gasteiger charge is -2.27. The molecule has 0 bridgehead atoms. The van der Waals surface area contributed by atoms with Crippen LogP contribution in [0.25, 0.3) is 44.0 Å². The van der Waals surface area contributed by atoms with Crippen molar-refractivity contribution in [2.75, 3.05) is 0 Å². The molecular weight excluding hydrogens is 354 g/mol. The predicted octanol–water partition coefficient (Wildman–Crippen LogP) is 7.80. The van der Waals surface area contributed by atoms with Gasteiger partial charge in [-0.1, -0.05) is 44.2 Å². The lowest BCUT2D eigenvalue weighted by molar-refractivity contribution is 0.527.